The van der Waals surface area contributed by atoms with Crippen molar-refractivity contribution in [3.63, 3.8) is 0 Å². The van der Waals surface area contributed by atoms with Crippen molar-refractivity contribution in [1.82, 2.24) is 14.5 Å². The molecule has 4 rings (SSSR count). The summed E-state index contributed by atoms with van der Waals surface area (Å²) in [6, 6.07) is 16.6. The van der Waals surface area contributed by atoms with Gasteiger partial charge in [0.15, 0.2) is 5.82 Å². The van der Waals surface area contributed by atoms with Crippen molar-refractivity contribution in [2.24, 2.45) is 5.11 Å². The number of nitrogen functional groups attached to an aromatic ring is 1. The van der Waals surface area contributed by atoms with Crippen LogP contribution in [0.2, 0.25) is 0 Å². The molecule has 9 heteroatoms. The van der Waals surface area contributed by atoms with Crippen LogP contribution in [0.15, 0.2) is 60.0 Å². The lowest BCUT2D eigenvalue weighted by Gasteiger charge is -2.20. The molecule has 0 unspecified atom stereocenters. The van der Waals surface area contributed by atoms with Crippen LogP contribution < -0.4 is 10.5 Å². The monoisotopic (exact) mass is 557 g/mol. The molecule has 0 bridgehead atoms. The van der Waals surface area contributed by atoms with Crippen LogP contribution in [0.1, 0.15) is 76.3 Å². The van der Waals surface area contributed by atoms with E-state index in [1.54, 1.807) is 0 Å². The summed E-state index contributed by atoms with van der Waals surface area (Å²) in [5, 5.41) is 4.62. The van der Waals surface area contributed by atoms with Crippen molar-refractivity contribution in [3.05, 3.63) is 70.9 Å². The lowest BCUT2D eigenvalue weighted by Crippen LogP contribution is -2.18. The third-order valence-corrected chi connectivity index (χ3v) is 7.47. The number of ether oxygens (including phenoxy) is 2. The van der Waals surface area contributed by atoms with E-state index in [1.807, 2.05) is 31.5 Å². The predicted octanol–water partition coefficient (Wildman–Crippen LogP) is 8.19. The Kier molecular flexibility index (Phi) is 12.1. The molecule has 1 atom stereocenters. The highest BCUT2D eigenvalue weighted by Crippen LogP contribution is 2.30. The van der Waals surface area contributed by atoms with Crippen molar-refractivity contribution in [1.29, 1.82) is 0 Å². The average Bonchev–Trinajstić information content (AvgIpc) is 3.45. The van der Waals surface area contributed by atoms with Gasteiger partial charge in [0.2, 0.25) is 0 Å². The van der Waals surface area contributed by atoms with Gasteiger partial charge in [-0.05, 0) is 55.5 Å². The van der Waals surface area contributed by atoms with Crippen molar-refractivity contribution in [3.8, 4) is 5.75 Å². The fourth-order valence-corrected chi connectivity index (χ4v) is 5.29. The Hall–Kier alpha value is -3.81. The molecule has 0 saturated carbocycles. The minimum absolute atomic E-state index is 0.0645. The van der Waals surface area contributed by atoms with E-state index < -0.39 is 0 Å². The second kappa shape index (κ2) is 16.5. The Bertz CT molecular complexity index is 1400. The van der Waals surface area contributed by atoms with Crippen LogP contribution in [-0.4, -0.2) is 40.9 Å². The average molecular weight is 558 g/mol. The number of imidazole rings is 1. The molecule has 0 fully saturated rings. The molecule has 2 N–H and O–H groups in total. The van der Waals surface area contributed by atoms with Crippen LogP contribution in [-0.2, 0) is 11.2 Å². The lowest BCUT2D eigenvalue weighted by molar-refractivity contribution is 0.114. The van der Waals surface area contributed by atoms with E-state index in [2.05, 4.69) is 54.9 Å². The molecule has 41 heavy (non-hydrogen) atoms. The zero-order valence-corrected chi connectivity index (χ0v) is 24.3. The number of aromatic nitrogens is 3. The largest absolute Gasteiger partial charge is 0.494 e. The molecule has 2 aromatic heterocycles. The number of unbranched alkanes of at least 4 members (excludes halogenated alkanes) is 8. The summed E-state index contributed by atoms with van der Waals surface area (Å²) in [6.07, 6.45) is 13.4. The van der Waals surface area contributed by atoms with E-state index in [1.165, 1.54) is 44.1 Å². The summed E-state index contributed by atoms with van der Waals surface area (Å²) in [5.41, 5.74) is 18.4. The number of nitrogens with zero attached hydrogens (tertiary/aromatic N) is 6. The zero-order valence-electron chi connectivity index (χ0n) is 24.3. The Morgan fingerprint density at radius 2 is 1.66 bits per heavy atom. The third kappa shape index (κ3) is 8.84. The van der Waals surface area contributed by atoms with E-state index in [9.17, 15) is 0 Å². The number of azide groups is 1. The number of anilines is 1. The molecule has 9 nitrogen and oxygen atoms in total. The highest BCUT2D eigenvalue weighted by atomic mass is 16.5. The second-order valence-electron chi connectivity index (χ2n) is 10.5. The van der Waals surface area contributed by atoms with Crippen molar-refractivity contribution < 1.29 is 9.47 Å². The Morgan fingerprint density at radius 3 is 2.39 bits per heavy atom. The van der Waals surface area contributed by atoms with Gasteiger partial charge in [0.1, 0.15) is 11.3 Å². The minimum Gasteiger partial charge on any atom is -0.494 e. The van der Waals surface area contributed by atoms with Gasteiger partial charge in [-0.1, -0.05) is 80.4 Å². The fraction of sp³-hybridized carbons (Fsp3) is 0.500. The first kappa shape index (κ1) is 30.2. The first-order chi connectivity index (χ1) is 20.2. The maximum Gasteiger partial charge on any atom is 0.152 e. The number of pyridine rings is 1. The van der Waals surface area contributed by atoms with Gasteiger partial charge in [-0.3, -0.25) is 0 Å². The minimum atomic E-state index is 0.0645. The summed E-state index contributed by atoms with van der Waals surface area (Å²) in [5.74, 6) is 1.36. The molecule has 0 aliphatic rings. The number of hydrogen-bond donors (Lipinski definition) is 1. The number of benzene rings is 2. The fourth-order valence-electron chi connectivity index (χ4n) is 5.29. The van der Waals surface area contributed by atoms with E-state index in [4.69, 9.17) is 20.7 Å². The third-order valence-electron chi connectivity index (χ3n) is 7.47. The molecule has 0 radical (unpaired) electrons. The first-order valence-corrected chi connectivity index (χ1v) is 15.0. The van der Waals surface area contributed by atoms with Gasteiger partial charge >= 0.3 is 0 Å². The number of hydrogen-bond acceptors (Lipinski definition) is 6. The van der Waals surface area contributed by atoms with Crippen molar-refractivity contribution in [2.45, 2.75) is 77.2 Å². The molecule has 0 aliphatic carbocycles. The number of nitrogens with two attached hydrogens (primary N) is 1. The molecule has 2 heterocycles. The van der Waals surface area contributed by atoms with Crippen LogP contribution >= 0.6 is 0 Å². The summed E-state index contributed by atoms with van der Waals surface area (Å²) < 4.78 is 14.1. The normalized spacial score (nSPS) is 12.0. The van der Waals surface area contributed by atoms with E-state index in [0.717, 1.165) is 60.0 Å². The van der Waals surface area contributed by atoms with Crippen LogP contribution in [0.4, 0.5) is 5.82 Å². The van der Waals surface area contributed by atoms with Crippen molar-refractivity contribution in [2.75, 3.05) is 32.1 Å². The van der Waals surface area contributed by atoms with Crippen LogP contribution in [0.25, 0.3) is 32.4 Å². The zero-order chi connectivity index (χ0) is 28.7. The van der Waals surface area contributed by atoms with Crippen LogP contribution in [0.5, 0.6) is 5.75 Å². The highest BCUT2D eigenvalue weighted by Gasteiger charge is 2.19. The molecular formula is C32H43N7O2. The first-order valence-electron chi connectivity index (χ1n) is 15.0. The second-order valence-corrected chi connectivity index (χ2v) is 10.5. The van der Waals surface area contributed by atoms with Gasteiger partial charge in [0.05, 0.1) is 36.6 Å². The van der Waals surface area contributed by atoms with Gasteiger partial charge in [-0.15, -0.1) is 0 Å². The molecular weight excluding hydrogens is 514 g/mol. The molecule has 0 aliphatic heterocycles. The standard InChI is InChI=1S/C32H43N7O2/c1-2-40-23-26(39-24-35-30-31(39)28-14-10-11-15-29(28)37-32(30)33)22-25-16-18-27(19-17-25)41-21-13-9-7-5-3-4-6-8-12-20-36-38-34/h10-11,14-19,24,26H,2-9,12-13,20-23H2,1H3,(H2,33,37)/t26-/m0/s1. The Balaban J connectivity index is 1.25. The molecule has 2 aromatic carbocycles. The molecule has 0 saturated heterocycles. The number of para-hydroxylation sites is 1. The molecule has 4 aromatic rings. The SMILES string of the molecule is CCOC[C@H](Cc1ccc(OCCCCCCCCCCCN=[N+]=[N-])cc1)n1cnc2c(N)nc3ccccc3c21. The summed E-state index contributed by atoms with van der Waals surface area (Å²) in [7, 11) is 0. The summed E-state index contributed by atoms with van der Waals surface area (Å²) in [6.45, 7) is 4.62. The molecule has 0 amide bonds. The Morgan fingerprint density at radius 1 is 0.951 bits per heavy atom. The van der Waals surface area contributed by atoms with E-state index in [-0.39, 0.29) is 6.04 Å². The van der Waals surface area contributed by atoms with Crippen LogP contribution in [0, 0.1) is 0 Å². The Labute approximate surface area is 242 Å². The van der Waals surface area contributed by atoms with Gasteiger partial charge in [-0.25, -0.2) is 9.97 Å². The summed E-state index contributed by atoms with van der Waals surface area (Å²) in [4.78, 5) is 12.0. The number of fused-ring (bicyclic) bond motifs is 3. The predicted molar refractivity (Wildman–Crippen MR) is 166 cm³/mol. The molecule has 0 spiro atoms. The van der Waals surface area contributed by atoms with Crippen LogP contribution in [0.3, 0.4) is 0 Å². The number of rotatable bonds is 19. The van der Waals surface area contributed by atoms with E-state index >= 15 is 0 Å². The quantitative estimate of drug-likeness (QED) is 0.0538. The van der Waals surface area contributed by atoms with Gasteiger partial charge in [-0.2, -0.15) is 0 Å². The van der Waals surface area contributed by atoms with Gasteiger partial charge < -0.3 is 19.8 Å². The highest BCUT2D eigenvalue weighted by molar-refractivity contribution is 6.06. The maximum atomic E-state index is 8.28. The molecule has 218 valence electrons. The lowest BCUT2D eigenvalue weighted by atomic mass is 10.1. The summed E-state index contributed by atoms with van der Waals surface area (Å²) >= 11 is 0. The maximum absolute atomic E-state index is 8.28. The topological polar surface area (TPSA) is 124 Å². The van der Waals surface area contributed by atoms with Gasteiger partial charge in [0, 0.05) is 23.4 Å². The smallest absolute Gasteiger partial charge is 0.152 e. The van der Waals surface area contributed by atoms with E-state index in [0.29, 0.717) is 25.6 Å². The van der Waals surface area contributed by atoms with Gasteiger partial charge in [0.25, 0.3) is 0 Å². The van der Waals surface area contributed by atoms with Crippen molar-refractivity contribution >= 4 is 27.8 Å².